The number of hydrogen-bond acceptors (Lipinski definition) is 9. The first-order chi connectivity index (χ1) is 15.2. The average Bonchev–Trinajstić information content (AvgIpc) is 3.47. The standard InChI is InChI=1S/C19H20N4O6S3/c24-17(7-8-18-21-19(22-29-18)16-2-1-10-30-16)20-13-3-5-15(6-4-13)32(27,28)23-14-9-11-31(25,26)12-14/h1-6,10,14,23H,7-9,11-12H2,(H,20,24)/t14-/m1/s1. The number of aryl methyl sites for hydroxylation is 1. The van der Waals surface area contributed by atoms with Gasteiger partial charge < -0.3 is 9.84 Å². The van der Waals surface area contributed by atoms with Crippen molar-refractivity contribution < 1.29 is 26.2 Å². The minimum atomic E-state index is -3.86. The molecular weight excluding hydrogens is 476 g/mol. The minimum Gasteiger partial charge on any atom is -0.339 e. The van der Waals surface area contributed by atoms with Gasteiger partial charge in [-0.15, -0.1) is 11.3 Å². The van der Waals surface area contributed by atoms with Crippen LogP contribution in [0.15, 0.2) is 51.2 Å². The maximum atomic E-state index is 12.5. The van der Waals surface area contributed by atoms with Crippen LogP contribution in [0.1, 0.15) is 18.7 Å². The summed E-state index contributed by atoms with van der Waals surface area (Å²) in [6.07, 6.45) is 0.638. The van der Waals surface area contributed by atoms with E-state index in [0.717, 1.165) is 4.88 Å². The molecule has 4 rings (SSSR count). The van der Waals surface area contributed by atoms with E-state index in [1.54, 1.807) is 0 Å². The molecule has 1 saturated heterocycles. The summed E-state index contributed by atoms with van der Waals surface area (Å²) in [7, 11) is -7.05. The number of carbonyl (C=O) groups excluding carboxylic acids is 1. The van der Waals surface area contributed by atoms with Crippen LogP contribution in [0, 0.1) is 0 Å². The van der Waals surface area contributed by atoms with E-state index in [2.05, 4.69) is 20.2 Å². The Hall–Kier alpha value is -2.61. The fraction of sp³-hybridized carbons (Fsp3) is 0.316. The summed E-state index contributed by atoms with van der Waals surface area (Å²) in [6.45, 7) is 0. The summed E-state index contributed by atoms with van der Waals surface area (Å²) >= 11 is 1.49. The molecule has 1 aliphatic heterocycles. The normalized spacial score (nSPS) is 17.9. The van der Waals surface area contributed by atoms with Crippen LogP contribution in [0.4, 0.5) is 5.69 Å². The third-order valence-corrected chi connectivity index (χ3v) is 8.95. The molecule has 170 valence electrons. The number of benzene rings is 1. The van der Waals surface area contributed by atoms with Gasteiger partial charge in [0.15, 0.2) is 9.84 Å². The number of rotatable bonds is 8. The first-order valence-corrected chi connectivity index (χ1v) is 13.9. The lowest BCUT2D eigenvalue weighted by atomic mass is 10.2. The van der Waals surface area contributed by atoms with Gasteiger partial charge in [0.1, 0.15) is 0 Å². The Bertz CT molecular complexity index is 1300. The van der Waals surface area contributed by atoms with Crippen molar-refractivity contribution in [3.63, 3.8) is 0 Å². The Morgan fingerprint density at radius 3 is 2.66 bits per heavy atom. The van der Waals surface area contributed by atoms with Crippen LogP contribution in [0.5, 0.6) is 0 Å². The Balaban J connectivity index is 1.30. The lowest BCUT2D eigenvalue weighted by Crippen LogP contribution is -2.35. The molecule has 0 bridgehead atoms. The van der Waals surface area contributed by atoms with Crippen molar-refractivity contribution in [1.29, 1.82) is 0 Å². The molecule has 3 heterocycles. The van der Waals surface area contributed by atoms with Crippen molar-refractivity contribution in [1.82, 2.24) is 14.9 Å². The summed E-state index contributed by atoms with van der Waals surface area (Å²) in [6, 6.07) is 8.78. The van der Waals surface area contributed by atoms with Gasteiger partial charge in [-0.25, -0.2) is 21.6 Å². The van der Waals surface area contributed by atoms with Gasteiger partial charge in [0, 0.05) is 24.6 Å². The van der Waals surface area contributed by atoms with Crippen molar-refractivity contribution >= 4 is 42.8 Å². The van der Waals surface area contributed by atoms with E-state index < -0.39 is 25.9 Å². The largest absolute Gasteiger partial charge is 0.339 e. The molecular formula is C19H20N4O6S3. The third kappa shape index (κ3) is 5.59. The quantitative estimate of drug-likeness (QED) is 0.480. The van der Waals surface area contributed by atoms with E-state index in [0.29, 0.717) is 17.4 Å². The van der Waals surface area contributed by atoms with Gasteiger partial charge in [0.25, 0.3) is 0 Å². The number of anilines is 1. The highest BCUT2D eigenvalue weighted by Gasteiger charge is 2.31. The summed E-state index contributed by atoms with van der Waals surface area (Å²) in [5.41, 5.74) is 0.433. The van der Waals surface area contributed by atoms with Crippen LogP contribution >= 0.6 is 11.3 Å². The van der Waals surface area contributed by atoms with Crippen molar-refractivity contribution in [3.8, 4) is 10.7 Å². The van der Waals surface area contributed by atoms with E-state index >= 15 is 0 Å². The molecule has 1 fully saturated rings. The molecule has 13 heteroatoms. The Morgan fingerprint density at radius 2 is 2.00 bits per heavy atom. The molecule has 1 aromatic carbocycles. The molecule has 0 spiro atoms. The summed E-state index contributed by atoms with van der Waals surface area (Å²) in [5, 5.41) is 8.49. The molecule has 3 aromatic rings. The van der Waals surface area contributed by atoms with Crippen molar-refractivity contribution in [2.24, 2.45) is 0 Å². The number of sulfone groups is 1. The zero-order valence-corrected chi connectivity index (χ0v) is 19.2. The van der Waals surface area contributed by atoms with Crippen LogP contribution in [-0.4, -0.2) is 50.4 Å². The monoisotopic (exact) mass is 496 g/mol. The van der Waals surface area contributed by atoms with Gasteiger partial charge >= 0.3 is 0 Å². The molecule has 1 amide bonds. The van der Waals surface area contributed by atoms with E-state index in [9.17, 15) is 21.6 Å². The molecule has 32 heavy (non-hydrogen) atoms. The first kappa shape index (κ1) is 22.6. The number of carbonyl (C=O) groups is 1. The first-order valence-electron chi connectivity index (χ1n) is 9.69. The Labute approximate surface area is 189 Å². The number of nitrogens with zero attached hydrogens (tertiary/aromatic N) is 2. The van der Waals surface area contributed by atoms with E-state index in [4.69, 9.17) is 4.52 Å². The van der Waals surface area contributed by atoms with E-state index in [-0.39, 0.29) is 41.6 Å². The fourth-order valence-corrected chi connectivity index (χ4v) is 6.90. The van der Waals surface area contributed by atoms with Gasteiger partial charge in [-0.3, -0.25) is 4.79 Å². The van der Waals surface area contributed by atoms with Crippen LogP contribution in [-0.2, 0) is 31.1 Å². The molecule has 0 radical (unpaired) electrons. The predicted octanol–water partition coefficient (Wildman–Crippen LogP) is 1.83. The molecule has 10 nitrogen and oxygen atoms in total. The lowest BCUT2D eigenvalue weighted by Gasteiger charge is -2.12. The Morgan fingerprint density at radius 1 is 1.22 bits per heavy atom. The molecule has 1 atom stereocenters. The smallest absolute Gasteiger partial charge is 0.240 e. The molecule has 0 aliphatic carbocycles. The summed E-state index contributed by atoms with van der Waals surface area (Å²) < 4.78 is 55.6. The lowest BCUT2D eigenvalue weighted by molar-refractivity contribution is -0.116. The molecule has 1 aliphatic rings. The van der Waals surface area contributed by atoms with Crippen LogP contribution < -0.4 is 10.0 Å². The van der Waals surface area contributed by atoms with Gasteiger partial charge in [-0.1, -0.05) is 11.2 Å². The number of thiophene rings is 1. The summed E-state index contributed by atoms with van der Waals surface area (Å²) in [4.78, 5) is 17.3. The minimum absolute atomic E-state index is 0.00763. The third-order valence-electron chi connectivity index (χ3n) is 4.78. The average molecular weight is 497 g/mol. The van der Waals surface area contributed by atoms with Gasteiger partial charge in [0.2, 0.25) is 27.6 Å². The maximum Gasteiger partial charge on any atom is 0.240 e. The number of hydrogen-bond donors (Lipinski definition) is 2. The number of aromatic nitrogens is 2. The van der Waals surface area contributed by atoms with Crippen molar-refractivity contribution in [3.05, 3.63) is 47.7 Å². The molecule has 2 N–H and O–H groups in total. The second kappa shape index (κ2) is 9.10. The van der Waals surface area contributed by atoms with Crippen molar-refractivity contribution in [2.75, 3.05) is 16.8 Å². The zero-order chi connectivity index (χ0) is 22.8. The van der Waals surface area contributed by atoms with Crippen LogP contribution in [0.2, 0.25) is 0 Å². The molecule has 0 unspecified atom stereocenters. The Kier molecular flexibility index (Phi) is 6.42. The number of amides is 1. The molecule has 0 saturated carbocycles. The topological polar surface area (TPSA) is 148 Å². The van der Waals surface area contributed by atoms with E-state index in [1.807, 2.05) is 17.5 Å². The highest BCUT2D eigenvalue weighted by Crippen LogP contribution is 2.22. The van der Waals surface area contributed by atoms with Gasteiger partial charge in [0.05, 0.1) is 21.3 Å². The predicted molar refractivity (Wildman–Crippen MR) is 118 cm³/mol. The zero-order valence-electron chi connectivity index (χ0n) is 16.7. The fourth-order valence-electron chi connectivity index (χ4n) is 3.20. The number of sulfonamides is 1. The van der Waals surface area contributed by atoms with E-state index in [1.165, 1.54) is 35.6 Å². The highest BCUT2D eigenvalue weighted by atomic mass is 32.2. The van der Waals surface area contributed by atoms with Gasteiger partial charge in [-0.2, -0.15) is 4.98 Å². The van der Waals surface area contributed by atoms with Crippen LogP contribution in [0.3, 0.4) is 0 Å². The van der Waals surface area contributed by atoms with Crippen molar-refractivity contribution in [2.45, 2.75) is 30.2 Å². The second-order valence-electron chi connectivity index (χ2n) is 7.28. The van der Waals surface area contributed by atoms with Crippen LogP contribution in [0.25, 0.3) is 10.7 Å². The maximum absolute atomic E-state index is 12.5. The number of nitrogens with one attached hydrogen (secondary N) is 2. The van der Waals surface area contributed by atoms with Gasteiger partial charge in [-0.05, 0) is 42.1 Å². The second-order valence-corrected chi connectivity index (χ2v) is 12.2. The SMILES string of the molecule is O=C(CCc1nc(-c2cccs2)no1)Nc1ccc(S(=O)(=O)N[C@@H]2CCS(=O)(=O)C2)cc1. The summed E-state index contributed by atoms with van der Waals surface area (Å²) in [5.74, 6) is 0.325. The molecule has 2 aromatic heterocycles. The highest BCUT2D eigenvalue weighted by molar-refractivity contribution is 7.92.